The lowest BCUT2D eigenvalue weighted by atomic mass is 10.0. The molecule has 0 aromatic heterocycles. The van der Waals surface area contributed by atoms with E-state index in [9.17, 15) is 13.2 Å². The summed E-state index contributed by atoms with van der Waals surface area (Å²) in [5.41, 5.74) is -0.0619. The Morgan fingerprint density at radius 3 is 2.52 bits per heavy atom. The third kappa shape index (κ3) is 5.09. The number of hydrogen-bond acceptors (Lipinski definition) is 3. The predicted octanol–water partition coefficient (Wildman–Crippen LogP) is 3.25. The summed E-state index contributed by atoms with van der Waals surface area (Å²) in [4.78, 5) is 10.9. The van der Waals surface area contributed by atoms with Crippen molar-refractivity contribution in [1.29, 1.82) is 0 Å². The van der Waals surface area contributed by atoms with Crippen molar-refractivity contribution in [3.05, 3.63) is 28.2 Å². The van der Waals surface area contributed by atoms with Gasteiger partial charge in [-0.1, -0.05) is 20.3 Å². The molecule has 0 bridgehead atoms. The molecule has 1 aromatic rings. The van der Waals surface area contributed by atoms with Gasteiger partial charge < -0.3 is 5.11 Å². The number of nitrogens with one attached hydrogen (secondary N) is 1. The summed E-state index contributed by atoms with van der Waals surface area (Å²) >= 11 is 3.16. The van der Waals surface area contributed by atoms with E-state index in [1.807, 2.05) is 0 Å². The molecule has 118 valence electrons. The Bertz CT molecular complexity index is 615. The summed E-state index contributed by atoms with van der Waals surface area (Å²) < 4.78 is 27.7. The second-order valence-corrected chi connectivity index (χ2v) is 7.76. The van der Waals surface area contributed by atoms with Gasteiger partial charge in [0, 0.05) is 10.5 Å². The van der Waals surface area contributed by atoms with Crippen molar-refractivity contribution in [2.24, 2.45) is 5.92 Å². The van der Waals surface area contributed by atoms with Crippen LogP contribution in [0, 0.1) is 5.92 Å². The van der Waals surface area contributed by atoms with Gasteiger partial charge in [0.25, 0.3) is 0 Å². The van der Waals surface area contributed by atoms with E-state index in [1.165, 1.54) is 12.1 Å². The third-order valence-corrected chi connectivity index (χ3v) is 5.86. The number of sulfonamides is 1. The van der Waals surface area contributed by atoms with Gasteiger partial charge in [0.2, 0.25) is 10.0 Å². The Hall–Kier alpha value is -0.920. The van der Waals surface area contributed by atoms with E-state index in [4.69, 9.17) is 5.11 Å². The molecule has 0 saturated heterocycles. The fourth-order valence-electron chi connectivity index (χ4n) is 1.99. The van der Waals surface area contributed by atoms with E-state index in [-0.39, 0.29) is 16.5 Å². The van der Waals surface area contributed by atoms with Crippen LogP contribution in [0.4, 0.5) is 0 Å². The lowest BCUT2D eigenvalue weighted by molar-refractivity contribution is 0.0696. The van der Waals surface area contributed by atoms with Crippen LogP contribution in [0.3, 0.4) is 0 Å². The van der Waals surface area contributed by atoms with E-state index >= 15 is 0 Å². The van der Waals surface area contributed by atoms with Crippen LogP contribution < -0.4 is 4.72 Å². The second-order valence-electron chi connectivity index (χ2n) is 5.22. The summed E-state index contributed by atoms with van der Waals surface area (Å²) in [6, 6.07) is 3.72. The van der Waals surface area contributed by atoms with Gasteiger partial charge in [-0.25, -0.2) is 17.9 Å². The van der Waals surface area contributed by atoms with Crippen LogP contribution in [-0.4, -0.2) is 25.5 Å². The number of carboxylic acid groups (broad SMARTS) is 1. The summed E-state index contributed by atoms with van der Waals surface area (Å²) in [7, 11) is -3.76. The van der Waals surface area contributed by atoms with E-state index < -0.39 is 16.0 Å². The molecular weight excluding hydrogens is 358 g/mol. The number of benzene rings is 1. The number of carboxylic acids is 1. The Kier molecular flexibility index (Phi) is 6.37. The molecule has 7 heteroatoms. The van der Waals surface area contributed by atoms with E-state index in [1.54, 1.807) is 6.92 Å². The molecule has 1 rings (SSSR count). The summed E-state index contributed by atoms with van der Waals surface area (Å²) in [6.07, 6.45) is 1.70. The molecule has 21 heavy (non-hydrogen) atoms. The molecule has 2 N–H and O–H groups in total. The Morgan fingerprint density at radius 1 is 1.38 bits per heavy atom. The SMILES string of the molecule is CCC(C)CC(C)NS(=O)(=O)c1cc(C(=O)O)ccc1Br. The fourth-order valence-corrected chi connectivity index (χ4v) is 4.23. The van der Waals surface area contributed by atoms with Crippen LogP contribution in [0.15, 0.2) is 27.6 Å². The maximum atomic E-state index is 12.4. The molecule has 0 aliphatic rings. The van der Waals surface area contributed by atoms with Gasteiger partial charge in [0.15, 0.2) is 0 Å². The van der Waals surface area contributed by atoms with E-state index in [2.05, 4.69) is 34.5 Å². The van der Waals surface area contributed by atoms with Crippen molar-refractivity contribution < 1.29 is 18.3 Å². The molecule has 0 saturated carbocycles. The van der Waals surface area contributed by atoms with Crippen molar-refractivity contribution in [2.45, 2.75) is 44.6 Å². The monoisotopic (exact) mass is 377 g/mol. The maximum absolute atomic E-state index is 12.4. The smallest absolute Gasteiger partial charge is 0.335 e. The maximum Gasteiger partial charge on any atom is 0.335 e. The highest BCUT2D eigenvalue weighted by atomic mass is 79.9. The Balaban J connectivity index is 3.02. The van der Waals surface area contributed by atoms with Crippen molar-refractivity contribution in [2.75, 3.05) is 0 Å². The molecule has 0 spiro atoms. The van der Waals surface area contributed by atoms with Gasteiger partial charge in [-0.05, 0) is 53.4 Å². The summed E-state index contributed by atoms with van der Waals surface area (Å²) in [5.74, 6) is -0.747. The number of halogens is 1. The van der Waals surface area contributed by atoms with Gasteiger partial charge in [-0.3, -0.25) is 0 Å². The normalized spacial score (nSPS) is 14.7. The quantitative estimate of drug-likeness (QED) is 0.763. The topological polar surface area (TPSA) is 83.5 Å². The van der Waals surface area contributed by atoms with Crippen LogP contribution >= 0.6 is 15.9 Å². The first-order valence-corrected chi connectivity index (χ1v) is 9.00. The third-order valence-electron chi connectivity index (χ3n) is 3.28. The van der Waals surface area contributed by atoms with Crippen LogP contribution in [0.5, 0.6) is 0 Å². The highest BCUT2D eigenvalue weighted by molar-refractivity contribution is 9.10. The predicted molar refractivity (Wildman–Crippen MR) is 85.0 cm³/mol. The van der Waals surface area contributed by atoms with Crippen LogP contribution in [0.25, 0.3) is 0 Å². The highest BCUT2D eigenvalue weighted by Crippen LogP contribution is 2.24. The minimum atomic E-state index is -3.76. The molecule has 0 aliphatic heterocycles. The fraction of sp³-hybridized carbons (Fsp3) is 0.500. The summed E-state index contributed by atoms with van der Waals surface area (Å²) in [5, 5.41) is 8.97. The van der Waals surface area contributed by atoms with Gasteiger partial charge in [0.05, 0.1) is 10.5 Å². The van der Waals surface area contributed by atoms with Crippen molar-refractivity contribution in [1.82, 2.24) is 4.72 Å². The minimum Gasteiger partial charge on any atom is -0.478 e. The lowest BCUT2D eigenvalue weighted by Gasteiger charge is -2.18. The van der Waals surface area contributed by atoms with Crippen molar-refractivity contribution in [3.8, 4) is 0 Å². The number of carbonyl (C=O) groups is 1. The lowest BCUT2D eigenvalue weighted by Crippen LogP contribution is -2.34. The van der Waals surface area contributed by atoms with Crippen molar-refractivity contribution >= 4 is 31.9 Å². The first-order chi connectivity index (χ1) is 9.67. The highest BCUT2D eigenvalue weighted by Gasteiger charge is 2.22. The van der Waals surface area contributed by atoms with Crippen LogP contribution in [-0.2, 0) is 10.0 Å². The molecule has 2 unspecified atom stereocenters. The van der Waals surface area contributed by atoms with Gasteiger partial charge in [0.1, 0.15) is 0 Å². The van der Waals surface area contributed by atoms with Gasteiger partial charge >= 0.3 is 5.97 Å². The average molecular weight is 378 g/mol. The average Bonchev–Trinajstić information content (AvgIpc) is 2.37. The summed E-state index contributed by atoms with van der Waals surface area (Å²) in [6.45, 7) is 5.92. The van der Waals surface area contributed by atoms with Crippen molar-refractivity contribution in [3.63, 3.8) is 0 Å². The van der Waals surface area contributed by atoms with Gasteiger partial charge in [-0.2, -0.15) is 0 Å². The molecule has 0 heterocycles. The first kappa shape index (κ1) is 18.1. The second kappa shape index (κ2) is 7.38. The number of rotatable bonds is 7. The molecule has 0 fully saturated rings. The number of aromatic carboxylic acids is 1. The Labute approximate surface area is 133 Å². The van der Waals surface area contributed by atoms with E-state index in [0.29, 0.717) is 10.4 Å². The molecule has 0 amide bonds. The number of hydrogen-bond donors (Lipinski definition) is 2. The zero-order valence-corrected chi connectivity index (χ0v) is 14.7. The molecular formula is C14H20BrNO4S. The van der Waals surface area contributed by atoms with Crippen LogP contribution in [0.1, 0.15) is 44.0 Å². The minimum absolute atomic E-state index is 0.0570. The molecule has 1 aromatic carbocycles. The standard InChI is InChI=1S/C14H20BrNO4S/c1-4-9(2)7-10(3)16-21(19,20)13-8-11(14(17)18)5-6-12(13)15/h5-6,8-10,16H,4,7H2,1-3H3,(H,17,18). The molecule has 0 radical (unpaired) electrons. The zero-order valence-electron chi connectivity index (χ0n) is 12.3. The molecule has 5 nitrogen and oxygen atoms in total. The largest absolute Gasteiger partial charge is 0.478 e. The van der Waals surface area contributed by atoms with Crippen LogP contribution in [0.2, 0.25) is 0 Å². The first-order valence-electron chi connectivity index (χ1n) is 6.72. The zero-order chi connectivity index (χ0) is 16.2. The molecule has 0 aliphatic carbocycles. The van der Waals surface area contributed by atoms with Gasteiger partial charge in [-0.15, -0.1) is 0 Å². The molecule has 2 atom stereocenters. The van der Waals surface area contributed by atoms with E-state index in [0.717, 1.165) is 18.9 Å². The Morgan fingerprint density at radius 2 is 2.00 bits per heavy atom.